The molecule has 0 aliphatic heterocycles. The average Bonchev–Trinajstić information content (AvgIpc) is 2.54. The molecule has 2 aromatic rings. The molecule has 5 nitrogen and oxygen atoms in total. The fourth-order valence-electron chi connectivity index (χ4n) is 1.94. The van der Waals surface area contributed by atoms with Gasteiger partial charge in [0.15, 0.2) is 0 Å². The first-order valence-corrected chi connectivity index (χ1v) is 9.12. The maximum Gasteiger partial charge on any atom is 0.516 e. The molecule has 140 valence electrons. The fraction of sp³-hybridized carbons (Fsp3) is 0.188. The Morgan fingerprint density at radius 2 is 1.73 bits per heavy atom. The van der Waals surface area contributed by atoms with Gasteiger partial charge in [-0.2, -0.15) is 26.7 Å². The quantitative estimate of drug-likeness (QED) is 0.557. The molecule has 2 N–H and O–H groups in total. The number of benzene rings is 2. The molecule has 0 saturated heterocycles. The van der Waals surface area contributed by atoms with Crippen LogP contribution in [0.25, 0.3) is 0 Å². The molecule has 0 bridgehead atoms. The van der Waals surface area contributed by atoms with Crippen molar-refractivity contribution in [3.8, 4) is 0 Å². The van der Waals surface area contributed by atoms with Gasteiger partial charge in [-0.25, -0.2) is 0 Å². The average molecular weight is 406 g/mol. The van der Waals surface area contributed by atoms with Crippen LogP contribution in [0.3, 0.4) is 0 Å². The van der Waals surface area contributed by atoms with Gasteiger partial charge in [0.25, 0.3) is 0 Å². The third-order valence-electron chi connectivity index (χ3n) is 3.32. The fourth-order valence-corrected chi connectivity index (χ4v) is 2.70. The van der Waals surface area contributed by atoms with E-state index >= 15 is 0 Å². The van der Waals surface area contributed by atoms with Crippen molar-refractivity contribution >= 4 is 38.7 Å². The first kappa shape index (κ1) is 20.1. The molecule has 0 amide bonds. The highest BCUT2D eigenvalue weighted by molar-refractivity contribution is 7.93. The van der Waals surface area contributed by atoms with E-state index in [0.717, 1.165) is 11.6 Å². The number of hydrogen-bond acceptors (Lipinski definition) is 4. The van der Waals surface area contributed by atoms with Gasteiger partial charge in [-0.1, -0.05) is 29.3 Å². The summed E-state index contributed by atoms with van der Waals surface area (Å²) in [6.07, 6.45) is 0. The lowest BCUT2D eigenvalue weighted by Gasteiger charge is -2.14. The Kier molecular flexibility index (Phi) is 5.82. The van der Waals surface area contributed by atoms with E-state index in [1.54, 1.807) is 12.1 Å². The SMILES string of the molecule is C/C(=N\Nc1ccc(C)cc1)c1cc(Cl)ccc1NS(=O)(=O)C(F)(F)F. The molecule has 0 atom stereocenters. The first-order chi connectivity index (χ1) is 12.0. The summed E-state index contributed by atoms with van der Waals surface area (Å²) >= 11 is 5.88. The second-order valence-corrected chi connectivity index (χ2v) is 7.53. The summed E-state index contributed by atoms with van der Waals surface area (Å²) in [5, 5.41) is 4.30. The van der Waals surface area contributed by atoms with E-state index in [4.69, 9.17) is 11.6 Å². The molecule has 0 saturated carbocycles. The Bertz CT molecular complexity index is 927. The number of hydrazone groups is 1. The summed E-state index contributed by atoms with van der Waals surface area (Å²) < 4.78 is 62.1. The summed E-state index contributed by atoms with van der Waals surface area (Å²) in [7, 11) is -5.56. The second kappa shape index (κ2) is 7.55. The van der Waals surface area contributed by atoms with Gasteiger partial charge >= 0.3 is 15.5 Å². The molecule has 2 aromatic carbocycles. The molecular weight excluding hydrogens is 391 g/mol. The highest BCUT2D eigenvalue weighted by atomic mass is 35.5. The van der Waals surface area contributed by atoms with Crippen molar-refractivity contribution in [2.75, 3.05) is 10.1 Å². The summed E-state index contributed by atoms with van der Waals surface area (Å²) in [4.78, 5) is 0. The van der Waals surface area contributed by atoms with Gasteiger partial charge in [-0.3, -0.25) is 10.1 Å². The minimum Gasteiger partial charge on any atom is -0.278 e. The maximum absolute atomic E-state index is 12.6. The first-order valence-electron chi connectivity index (χ1n) is 7.25. The Balaban J connectivity index is 2.34. The zero-order valence-corrected chi connectivity index (χ0v) is 15.3. The minimum atomic E-state index is -5.56. The normalized spacial score (nSPS) is 12.8. The number of nitrogens with zero attached hydrogens (tertiary/aromatic N) is 1. The smallest absolute Gasteiger partial charge is 0.278 e. The van der Waals surface area contributed by atoms with E-state index in [-0.39, 0.29) is 22.0 Å². The lowest BCUT2D eigenvalue weighted by atomic mass is 10.1. The van der Waals surface area contributed by atoms with Gasteiger partial charge in [-0.15, -0.1) is 0 Å². The molecule has 0 unspecified atom stereocenters. The predicted octanol–water partition coefficient (Wildman–Crippen LogP) is 4.75. The molecule has 0 aromatic heterocycles. The molecule has 0 heterocycles. The highest BCUT2D eigenvalue weighted by Crippen LogP contribution is 2.28. The van der Waals surface area contributed by atoms with Crippen molar-refractivity contribution in [3.05, 3.63) is 58.6 Å². The van der Waals surface area contributed by atoms with Crippen molar-refractivity contribution in [3.63, 3.8) is 0 Å². The molecular formula is C16H15ClF3N3O2S. The zero-order chi connectivity index (χ0) is 19.5. The van der Waals surface area contributed by atoms with Crippen LogP contribution in [0.1, 0.15) is 18.1 Å². The molecule has 0 fully saturated rings. The van der Waals surface area contributed by atoms with Crippen molar-refractivity contribution < 1.29 is 21.6 Å². The summed E-state index contributed by atoms with van der Waals surface area (Å²) in [5.41, 5.74) is -0.888. The predicted molar refractivity (Wildman–Crippen MR) is 97.1 cm³/mol. The van der Waals surface area contributed by atoms with Crippen molar-refractivity contribution in [2.24, 2.45) is 5.10 Å². The van der Waals surface area contributed by atoms with E-state index < -0.39 is 15.5 Å². The van der Waals surface area contributed by atoms with Gasteiger partial charge in [0.1, 0.15) is 0 Å². The van der Waals surface area contributed by atoms with Crippen LogP contribution in [-0.4, -0.2) is 19.6 Å². The monoisotopic (exact) mass is 405 g/mol. The van der Waals surface area contributed by atoms with Crippen molar-refractivity contribution in [1.82, 2.24) is 0 Å². The number of halogens is 4. The van der Waals surface area contributed by atoms with Crippen LogP contribution >= 0.6 is 11.6 Å². The molecule has 0 spiro atoms. The lowest BCUT2D eigenvalue weighted by Crippen LogP contribution is -2.30. The zero-order valence-electron chi connectivity index (χ0n) is 13.7. The Morgan fingerprint density at radius 3 is 2.31 bits per heavy atom. The number of anilines is 2. The van der Waals surface area contributed by atoms with Crippen LogP contribution in [-0.2, 0) is 10.0 Å². The van der Waals surface area contributed by atoms with E-state index in [2.05, 4.69) is 10.5 Å². The van der Waals surface area contributed by atoms with Crippen LogP contribution in [0.2, 0.25) is 5.02 Å². The van der Waals surface area contributed by atoms with E-state index in [0.29, 0.717) is 5.69 Å². The van der Waals surface area contributed by atoms with Crippen LogP contribution in [0.4, 0.5) is 24.5 Å². The van der Waals surface area contributed by atoms with Crippen LogP contribution in [0.5, 0.6) is 0 Å². The lowest BCUT2D eigenvalue weighted by molar-refractivity contribution is -0.0429. The highest BCUT2D eigenvalue weighted by Gasteiger charge is 2.46. The summed E-state index contributed by atoms with van der Waals surface area (Å²) in [6, 6.07) is 11.0. The second-order valence-electron chi connectivity index (χ2n) is 5.42. The third-order valence-corrected chi connectivity index (χ3v) is 4.66. The van der Waals surface area contributed by atoms with Gasteiger partial charge in [0.05, 0.1) is 17.1 Å². The van der Waals surface area contributed by atoms with Crippen LogP contribution in [0.15, 0.2) is 47.6 Å². The Labute approximate surface area is 153 Å². The topological polar surface area (TPSA) is 70.6 Å². The molecule has 2 rings (SSSR count). The Morgan fingerprint density at radius 1 is 1.12 bits per heavy atom. The van der Waals surface area contributed by atoms with Crippen molar-refractivity contribution in [2.45, 2.75) is 19.4 Å². The number of nitrogens with one attached hydrogen (secondary N) is 2. The van der Waals surface area contributed by atoms with E-state index in [9.17, 15) is 21.6 Å². The molecule has 0 radical (unpaired) electrons. The van der Waals surface area contributed by atoms with Gasteiger partial charge in [0, 0.05) is 10.6 Å². The Hall–Kier alpha value is -2.26. The van der Waals surface area contributed by atoms with Crippen molar-refractivity contribution in [1.29, 1.82) is 0 Å². The van der Waals surface area contributed by atoms with Gasteiger partial charge < -0.3 is 0 Å². The van der Waals surface area contributed by atoms with E-state index in [1.165, 1.54) is 23.8 Å². The summed E-state index contributed by atoms with van der Waals surface area (Å²) in [6.45, 7) is 3.43. The largest absolute Gasteiger partial charge is 0.516 e. The van der Waals surface area contributed by atoms with E-state index in [1.807, 2.05) is 19.1 Å². The van der Waals surface area contributed by atoms with Gasteiger partial charge in [-0.05, 0) is 44.2 Å². The number of rotatable bonds is 5. The number of hydrogen-bond donors (Lipinski definition) is 2. The number of sulfonamides is 1. The third kappa shape index (κ3) is 4.89. The van der Waals surface area contributed by atoms with Crippen LogP contribution < -0.4 is 10.1 Å². The number of alkyl halides is 3. The maximum atomic E-state index is 12.6. The number of aryl methyl sites for hydroxylation is 1. The molecule has 26 heavy (non-hydrogen) atoms. The van der Waals surface area contributed by atoms with Gasteiger partial charge in [0.2, 0.25) is 0 Å². The molecule has 0 aliphatic rings. The minimum absolute atomic E-state index is 0.116. The molecule has 10 heteroatoms. The molecule has 0 aliphatic carbocycles. The van der Waals surface area contributed by atoms with Crippen LogP contribution in [0, 0.1) is 6.92 Å². The standard InChI is InChI=1S/C16H15ClF3N3O2S/c1-10-3-6-13(7-4-10)22-21-11(2)14-9-12(17)5-8-15(14)23-26(24,25)16(18,19)20/h3-9,22-23H,1-2H3/b21-11+. The summed E-state index contributed by atoms with van der Waals surface area (Å²) in [5.74, 6) is 0.